The highest BCUT2D eigenvalue weighted by Gasteiger charge is 2.12. The lowest BCUT2D eigenvalue weighted by Crippen LogP contribution is -1.99. The van der Waals surface area contributed by atoms with Crippen LogP contribution in [0.4, 0.5) is 0 Å². The molecule has 102 valence electrons. The van der Waals surface area contributed by atoms with Gasteiger partial charge in [-0.1, -0.05) is 11.8 Å². The first-order valence-electron chi connectivity index (χ1n) is 5.72. The van der Waals surface area contributed by atoms with Crippen molar-refractivity contribution in [3.8, 4) is 6.07 Å². The summed E-state index contributed by atoms with van der Waals surface area (Å²) in [6.45, 7) is 3.67. The molecule has 0 saturated carbocycles. The van der Waals surface area contributed by atoms with Crippen LogP contribution in [0.1, 0.15) is 22.6 Å². The third-order valence-corrected chi connectivity index (χ3v) is 4.49. The fourth-order valence-electron chi connectivity index (χ4n) is 1.67. The van der Waals surface area contributed by atoms with E-state index in [-0.39, 0.29) is 6.42 Å². The van der Waals surface area contributed by atoms with Gasteiger partial charge in [0.2, 0.25) is 0 Å². The third-order valence-electron chi connectivity index (χ3n) is 2.46. The second-order valence-electron chi connectivity index (χ2n) is 4.11. The van der Waals surface area contributed by atoms with E-state index in [1.165, 1.54) is 23.1 Å². The number of hydrogen-bond acceptors (Lipinski definition) is 6. The summed E-state index contributed by atoms with van der Waals surface area (Å²) >= 11 is 2.74. The van der Waals surface area contributed by atoms with Crippen LogP contribution in [-0.2, 0) is 11.2 Å². The van der Waals surface area contributed by atoms with E-state index < -0.39 is 5.97 Å². The van der Waals surface area contributed by atoms with Crippen LogP contribution in [0.5, 0.6) is 0 Å². The number of rotatable bonds is 4. The van der Waals surface area contributed by atoms with Crippen molar-refractivity contribution >= 4 is 29.1 Å². The maximum Gasteiger partial charge on any atom is 0.309 e. The first kappa shape index (κ1) is 14.5. The number of pyridine rings is 1. The molecule has 5 nitrogen and oxygen atoms in total. The predicted octanol–water partition coefficient (Wildman–Crippen LogP) is 2.80. The van der Waals surface area contributed by atoms with Gasteiger partial charge in [0.1, 0.15) is 6.07 Å². The number of aromatic nitrogens is 2. The number of nitriles is 1. The van der Waals surface area contributed by atoms with Crippen LogP contribution in [-0.4, -0.2) is 21.0 Å². The molecule has 7 heteroatoms. The molecule has 0 bridgehead atoms. The minimum atomic E-state index is -0.903. The van der Waals surface area contributed by atoms with Gasteiger partial charge < -0.3 is 5.11 Å². The Balaban J connectivity index is 2.28. The van der Waals surface area contributed by atoms with E-state index in [9.17, 15) is 10.1 Å². The summed E-state index contributed by atoms with van der Waals surface area (Å²) in [5, 5.41) is 19.6. The zero-order chi connectivity index (χ0) is 14.7. The molecular weight excluding hydrogens is 294 g/mol. The molecule has 0 saturated heterocycles. The molecular formula is C13H11N3O2S2. The summed E-state index contributed by atoms with van der Waals surface area (Å²) in [5.41, 5.74) is 2.60. The zero-order valence-electron chi connectivity index (χ0n) is 10.9. The number of carboxylic acids is 1. The highest BCUT2D eigenvalue weighted by atomic mass is 32.2. The Labute approximate surface area is 124 Å². The molecule has 2 heterocycles. The van der Waals surface area contributed by atoms with Crippen LogP contribution in [0.2, 0.25) is 0 Å². The number of thiazole rings is 1. The molecule has 20 heavy (non-hydrogen) atoms. The second-order valence-corrected chi connectivity index (χ2v) is 6.26. The average molecular weight is 305 g/mol. The smallest absolute Gasteiger partial charge is 0.309 e. The van der Waals surface area contributed by atoms with Crippen LogP contribution < -0.4 is 0 Å². The van der Waals surface area contributed by atoms with Gasteiger partial charge in [-0.3, -0.25) is 9.78 Å². The van der Waals surface area contributed by atoms with Gasteiger partial charge in [0.25, 0.3) is 0 Å². The fraction of sp³-hybridized carbons (Fsp3) is 0.231. The zero-order valence-corrected chi connectivity index (χ0v) is 12.5. The Hall–Kier alpha value is -1.91. The molecule has 2 aromatic rings. The van der Waals surface area contributed by atoms with E-state index in [1.54, 1.807) is 12.3 Å². The number of aliphatic carboxylic acids is 1. The van der Waals surface area contributed by atoms with Crippen molar-refractivity contribution in [3.05, 3.63) is 34.1 Å². The van der Waals surface area contributed by atoms with Gasteiger partial charge in [0, 0.05) is 16.0 Å². The minimum Gasteiger partial charge on any atom is -0.481 e. The predicted molar refractivity (Wildman–Crippen MR) is 76.0 cm³/mol. The van der Waals surface area contributed by atoms with Crippen molar-refractivity contribution in [2.75, 3.05) is 0 Å². The lowest BCUT2D eigenvalue weighted by Gasteiger charge is -2.05. The van der Waals surface area contributed by atoms with Gasteiger partial charge in [-0.25, -0.2) is 4.98 Å². The minimum absolute atomic E-state index is 0.0867. The summed E-state index contributed by atoms with van der Waals surface area (Å²) in [4.78, 5) is 19.9. The monoisotopic (exact) mass is 305 g/mol. The van der Waals surface area contributed by atoms with E-state index in [2.05, 4.69) is 16.0 Å². The quantitative estimate of drug-likeness (QED) is 0.934. The lowest BCUT2D eigenvalue weighted by molar-refractivity contribution is -0.136. The van der Waals surface area contributed by atoms with Crippen LogP contribution in [0.25, 0.3) is 0 Å². The SMILES string of the molecule is Cc1cc(Sc2nc(CC(=O)O)cs2)c(C#N)c(C)n1. The van der Waals surface area contributed by atoms with E-state index >= 15 is 0 Å². The molecule has 0 atom stereocenters. The molecule has 0 aromatic carbocycles. The van der Waals surface area contributed by atoms with Crippen LogP contribution >= 0.6 is 23.1 Å². The van der Waals surface area contributed by atoms with E-state index in [1.807, 2.05) is 13.0 Å². The highest BCUT2D eigenvalue weighted by molar-refractivity contribution is 8.01. The third kappa shape index (κ3) is 3.35. The maximum atomic E-state index is 10.6. The van der Waals surface area contributed by atoms with Gasteiger partial charge in [0.05, 0.1) is 23.4 Å². The Morgan fingerprint density at radius 3 is 2.90 bits per heavy atom. The average Bonchev–Trinajstić information content (AvgIpc) is 2.75. The molecule has 0 aliphatic carbocycles. The number of carbonyl (C=O) groups is 1. The molecule has 0 unspecified atom stereocenters. The molecule has 0 radical (unpaired) electrons. The van der Waals surface area contributed by atoms with Gasteiger partial charge >= 0.3 is 5.97 Å². The van der Waals surface area contributed by atoms with Crippen LogP contribution in [0, 0.1) is 25.2 Å². The summed E-state index contributed by atoms with van der Waals surface area (Å²) in [5.74, 6) is -0.903. The number of carboxylic acid groups (broad SMARTS) is 1. The molecule has 0 fully saturated rings. The van der Waals surface area contributed by atoms with Crippen LogP contribution in [0.3, 0.4) is 0 Å². The van der Waals surface area contributed by atoms with E-state index in [0.29, 0.717) is 17.0 Å². The van der Waals surface area contributed by atoms with Crippen LogP contribution in [0.15, 0.2) is 20.7 Å². The molecule has 0 aliphatic heterocycles. The van der Waals surface area contributed by atoms with Crippen molar-refractivity contribution in [3.63, 3.8) is 0 Å². The van der Waals surface area contributed by atoms with Gasteiger partial charge in [-0.15, -0.1) is 11.3 Å². The molecule has 2 rings (SSSR count). The number of aryl methyl sites for hydroxylation is 2. The van der Waals surface area contributed by atoms with Crippen molar-refractivity contribution in [1.82, 2.24) is 9.97 Å². The summed E-state index contributed by atoms with van der Waals surface area (Å²) in [7, 11) is 0. The first-order valence-corrected chi connectivity index (χ1v) is 7.41. The normalized spacial score (nSPS) is 10.2. The van der Waals surface area contributed by atoms with E-state index in [4.69, 9.17) is 5.11 Å². The lowest BCUT2D eigenvalue weighted by atomic mass is 10.2. The van der Waals surface area contributed by atoms with Crippen molar-refractivity contribution in [1.29, 1.82) is 5.26 Å². The Morgan fingerprint density at radius 1 is 1.50 bits per heavy atom. The number of hydrogen-bond donors (Lipinski definition) is 1. The molecule has 2 aromatic heterocycles. The molecule has 1 N–H and O–H groups in total. The Morgan fingerprint density at radius 2 is 2.25 bits per heavy atom. The largest absolute Gasteiger partial charge is 0.481 e. The highest BCUT2D eigenvalue weighted by Crippen LogP contribution is 2.33. The Bertz CT molecular complexity index is 704. The summed E-state index contributed by atoms with van der Waals surface area (Å²) < 4.78 is 0.725. The van der Waals surface area contributed by atoms with Crippen molar-refractivity contribution in [2.45, 2.75) is 29.5 Å². The van der Waals surface area contributed by atoms with Gasteiger partial charge in [-0.05, 0) is 19.9 Å². The van der Waals surface area contributed by atoms with E-state index in [0.717, 1.165) is 14.9 Å². The van der Waals surface area contributed by atoms with Gasteiger partial charge in [0.15, 0.2) is 4.34 Å². The molecule has 0 amide bonds. The summed E-state index contributed by atoms with van der Waals surface area (Å²) in [6.07, 6.45) is -0.0867. The van der Waals surface area contributed by atoms with Gasteiger partial charge in [-0.2, -0.15) is 5.26 Å². The summed E-state index contributed by atoms with van der Waals surface area (Å²) in [6, 6.07) is 3.99. The number of nitrogens with zero attached hydrogens (tertiary/aromatic N) is 3. The Kier molecular flexibility index (Phi) is 4.37. The standard InChI is InChI=1S/C13H11N3O2S2/c1-7-3-11(10(5-14)8(2)15-7)20-13-16-9(6-19-13)4-12(17)18/h3,6H,4H2,1-2H3,(H,17,18). The second kappa shape index (κ2) is 6.03. The fourth-order valence-corrected chi connectivity index (χ4v) is 3.70. The topological polar surface area (TPSA) is 86.9 Å². The van der Waals surface area contributed by atoms with Crippen molar-refractivity contribution < 1.29 is 9.90 Å². The maximum absolute atomic E-state index is 10.6. The van der Waals surface area contributed by atoms with Crippen molar-refractivity contribution in [2.24, 2.45) is 0 Å². The molecule has 0 aliphatic rings. The molecule has 0 spiro atoms. The first-order chi connectivity index (χ1) is 9.49.